The van der Waals surface area contributed by atoms with Crippen LogP contribution in [0.5, 0.6) is 0 Å². The monoisotopic (exact) mass is 236 g/mol. The summed E-state index contributed by atoms with van der Waals surface area (Å²) in [5.41, 5.74) is 1.07. The lowest BCUT2D eigenvalue weighted by atomic mass is 9.99. The summed E-state index contributed by atoms with van der Waals surface area (Å²) in [4.78, 5) is 0. The van der Waals surface area contributed by atoms with Crippen molar-refractivity contribution >= 4 is 23.0 Å². The fraction of sp³-hybridized carbons (Fsp3) is 0.462. The summed E-state index contributed by atoms with van der Waals surface area (Å²) in [6.07, 6.45) is 2.25. The number of hydrogen-bond donors (Lipinski definition) is 2. The SMILES string of the molecule is CCCC(C)(C)NC(=S)Nc1ccccc1. The van der Waals surface area contributed by atoms with E-state index in [1.165, 1.54) is 0 Å². The molecule has 1 aromatic carbocycles. The molecule has 0 saturated heterocycles. The van der Waals surface area contributed by atoms with Crippen molar-refractivity contribution < 1.29 is 0 Å². The molecule has 0 heterocycles. The summed E-state index contributed by atoms with van der Waals surface area (Å²) in [6.45, 7) is 6.50. The van der Waals surface area contributed by atoms with Gasteiger partial charge in [0.25, 0.3) is 0 Å². The van der Waals surface area contributed by atoms with Gasteiger partial charge in [-0.3, -0.25) is 0 Å². The van der Waals surface area contributed by atoms with Crippen molar-refractivity contribution in [3.63, 3.8) is 0 Å². The third-order valence-corrected chi connectivity index (χ3v) is 2.56. The molecule has 0 aliphatic heterocycles. The van der Waals surface area contributed by atoms with Crippen LogP contribution in [0.4, 0.5) is 5.69 Å². The van der Waals surface area contributed by atoms with Gasteiger partial charge in [0.2, 0.25) is 0 Å². The van der Waals surface area contributed by atoms with Crippen molar-refractivity contribution in [2.75, 3.05) is 5.32 Å². The van der Waals surface area contributed by atoms with E-state index in [1.54, 1.807) is 0 Å². The van der Waals surface area contributed by atoms with Crippen molar-refractivity contribution in [1.29, 1.82) is 0 Å². The highest BCUT2D eigenvalue weighted by molar-refractivity contribution is 7.80. The third-order valence-electron chi connectivity index (χ3n) is 2.36. The quantitative estimate of drug-likeness (QED) is 0.782. The van der Waals surface area contributed by atoms with E-state index < -0.39 is 0 Å². The van der Waals surface area contributed by atoms with Crippen LogP contribution < -0.4 is 10.6 Å². The van der Waals surface area contributed by atoms with Gasteiger partial charge in [-0.2, -0.15) is 0 Å². The molecule has 0 aromatic heterocycles. The Morgan fingerprint density at radius 2 is 1.88 bits per heavy atom. The first-order valence-corrected chi connectivity index (χ1v) is 6.08. The molecule has 0 atom stereocenters. The molecule has 0 amide bonds. The van der Waals surface area contributed by atoms with Crippen molar-refractivity contribution in [3.8, 4) is 0 Å². The molecule has 2 N–H and O–H groups in total. The van der Waals surface area contributed by atoms with Gasteiger partial charge in [-0.25, -0.2) is 0 Å². The lowest BCUT2D eigenvalue weighted by Gasteiger charge is -2.27. The van der Waals surface area contributed by atoms with E-state index in [0.717, 1.165) is 18.5 Å². The molecule has 0 radical (unpaired) electrons. The van der Waals surface area contributed by atoms with Gasteiger partial charge in [-0.1, -0.05) is 31.5 Å². The minimum Gasteiger partial charge on any atom is -0.358 e. The average Bonchev–Trinajstić information content (AvgIpc) is 2.17. The Hall–Kier alpha value is -1.09. The topological polar surface area (TPSA) is 24.1 Å². The van der Waals surface area contributed by atoms with E-state index in [2.05, 4.69) is 31.4 Å². The molecule has 0 unspecified atom stereocenters. The average molecular weight is 236 g/mol. The van der Waals surface area contributed by atoms with Crippen LogP contribution in [-0.2, 0) is 0 Å². The van der Waals surface area contributed by atoms with Gasteiger partial charge in [-0.15, -0.1) is 0 Å². The maximum Gasteiger partial charge on any atom is 0.171 e. The second kappa shape index (κ2) is 5.85. The second-order valence-electron chi connectivity index (χ2n) is 4.58. The Kier molecular flexibility index (Phi) is 4.74. The molecule has 0 spiro atoms. The highest BCUT2D eigenvalue weighted by Crippen LogP contribution is 2.11. The number of rotatable bonds is 4. The molecule has 0 saturated carbocycles. The van der Waals surface area contributed by atoms with Crippen LogP contribution in [0.3, 0.4) is 0 Å². The molecule has 0 fully saturated rings. The number of thiocarbonyl (C=S) groups is 1. The molecule has 0 aliphatic rings. The van der Waals surface area contributed by atoms with E-state index >= 15 is 0 Å². The zero-order valence-corrected chi connectivity index (χ0v) is 11.0. The standard InChI is InChI=1S/C13H20N2S/c1-4-10-13(2,3)15-12(16)14-11-8-6-5-7-9-11/h5-9H,4,10H2,1-3H3,(H2,14,15,16). The van der Waals surface area contributed by atoms with Crippen molar-refractivity contribution in [2.45, 2.75) is 39.2 Å². The first kappa shape index (κ1) is 13.0. The van der Waals surface area contributed by atoms with Crippen molar-refractivity contribution in [2.24, 2.45) is 0 Å². The summed E-state index contributed by atoms with van der Waals surface area (Å²) in [7, 11) is 0. The van der Waals surface area contributed by atoms with E-state index in [0.29, 0.717) is 5.11 Å². The summed E-state index contributed by atoms with van der Waals surface area (Å²) in [6, 6.07) is 9.97. The summed E-state index contributed by atoms with van der Waals surface area (Å²) >= 11 is 5.28. The maximum absolute atomic E-state index is 5.28. The first-order valence-electron chi connectivity index (χ1n) is 5.68. The number of benzene rings is 1. The van der Waals surface area contributed by atoms with Gasteiger partial charge in [0.1, 0.15) is 0 Å². The summed E-state index contributed by atoms with van der Waals surface area (Å²) in [5, 5.41) is 7.19. The minimum absolute atomic E-state index is 0.0492. The van der Waals surface area contributed by atoms with Crippen LogP contribution in [0.2, 0.25) is 0 Å². The zero-order chi connectivity index (χ0) is 12.0. The van der Waals surface area contributed by atoms with Gasteiger partial charge in [0.15, 0.2) is 5.11 Å². The van der Waals surface area contributed by atoms with Crippen LogP contribution in [0, 0.1) is 0 Å². The lowest BCUT2D eigenvalue weighted by molar-refractivity contribution is 0.422. The molecule has 1 rings (SSSR count). The van der Waals surface area contributed by atoms with E-state index in [1.807, 2.05) is 30.3 Å². The highest BCUT2D eigenvalue weighted by Gasteiger charge is 2.16. The Morgan fingerprint density at radius 3 is 2.44 bits per heavy atom. The predicted molar refractivity (Wildman–Crippen MR) is 74.8 cm³/mol. The Labute approximate surface area is 103 Å². The smallest absolute Gasteiger partial charge is 0.171 e. The summed E-state index contributed by atoms with van der Waals surface area (Å²) in [5.74, 6) is 0. The fourth-order valence-corrected chi connectivity index (χ4v) is 2.07. The third kappa shape index (κ3) is 4.62. The van der Waals surface area contributed by atoms with Crippen molar-refractivity contribution in [3.05, 3.63) is 30.3 Å². The largest absolute Gasteiger partial charge is 0.358 e. The van der Waals surface area contributed by atoms with Crippen LogP contribution >= 0.6 is 12.2 Å². The number of para-hydroxylation sites is 1. The van der Waals surface area contributed by atoms with Crippen LogP contribution in [0.1, 0.15) is 33.6 Å². The normalized spacial score (nSPS) is 10.9. The summed E-state index contributed by atoms with van der Waals surface area (Å²) < 4.78 is 0. The molecule has 2 nitrogen and oxygen atoms in total. The molecule has 1 aromatic rings. The zero-order valence-electron chi connectivity index (χ0n) is 10.2. The molecule has 0 aliphatic carbocycles. The number of nitrogens with one attached hydrogen (secondary N) is 2. The molecule has 88 valence electrons. The molecule has 16 heavy (non-hydrogen) atoms. The van der Waals surface area contributed by atoms with Gasteiger partial charge < -0.3 is 10.6 Å². The fourth-order valence-electron chi connectivity index (χ4n) is 1.68. The lowest BCUT2D eigenvalue weighted by Crippen LogP contribution is -2.45. The number of anilines is 1. The van der Waals surface area contributed by atoms with Crippen LogP contribution in [-0.4, -0.2) is 10.7 Å². The Balaban J connectivity index is 2.48. The van der Waals surface area contributed by atoms with Gasteiger partial charge in [0, 0.05) is 11.2 Å². The van der Waals surface area contributed by atoms with Gasteiger partial charge in [0.05, 0.1) is 0 Å². The van der Waals surface area contributed by atoms with E-state index in [9.17, 15) is 0 Å². The molecule has 3 heteroatoms. The van der Waals surface area contributed by atoms with Crippen LogP contribution in [0.25, 0.3) is 0 Å². The van der Waals surface area contributed by atoms with E-state index in [4.69, 9.17) is 12.2 Å². The predicted octanol–water partition coefficient (Wildman–Crippen LogP) is 3.55. The first-order chi connectivity index (χ1) is 7.53. The maximum atomic E-state index is 5.28. The molecule has 0 bridgehead atoms. The van der Waals surface area contributed by atoms with Crippen LogP contribution in [0.15, 0.2) is 30.3 Å². The molecular formula is C13H20N2S. The van der Waals surface area contributed by atoms with E-state index in [-0.39, 0.29) is 5.54 Å². The Bertz CT molecular complexity index is 333. The second-order valence-corrected chi connectivity index (χ2v) is 4.99. The minimum atomic E-state index is 0.0492. The van der Waals surface area contributed by atoms with Gasteiger partial charge in [-0.05, 0) is 44.6 Å². The molecular weight excluding hydrogens is 216 g/mol. The Morgan fingerprint density at radius 1 is 1.25 bits per heavy atom. The van der Waals surface area contributed by atoms with Crippen molar-refractivity contribution in [1.82, 2.24) is 5.32 Å². The van der Waals surface area contributed by atoms with Gasteiger partial charge >= 0.3 is 0 Å². The number of hydrogen-bond acceptors (Lipinski definition) is 1. The highest BCUT2D eigenvalue weighted by atomic mass is 32.1.